The van der Waals surface area contributed by atoms with E-state index in [1.165, 1.54) is 16.9 Å². The minimum atomic E-state index is 0.133. The minimum absolute atomic E-state index is 0.133. The van der Waals surface area contributed by atoms with E-state index in [0.29, 0.717) is 12.0 Å². The molecular formula is C14H20N2OS. The van der Waals surface area contributed by atoms with E-state index in [4.69, 9.17) is 0 Å². The lowest BCUT2D eigenvalue weighted by molar-refractivity contribution is 0.0918. The molecule has 98 valence electrons. The van der Waals surface area contributed by atoms with E-state index in [-0.39, 0.29) is 5.91 Å². The van der Waals surface area contributed by atoms with Crippen molar-refractivity contribution in [2.24, 2.45) is 5.92 Å². The van der Waals surface area contributed by atoms with Crippen molar-refractivity contribution in [2.45, 2.75) is 38.6 Å². The fourth-order valence-electron chi connectivity index (χ4n) is 2.91. The lowest BCUT2D eigenvalue weighted by Crippen LogP contribution is -2.48. The Morgan fingerprint density at radius 2 is 2.39 bits per heavy atom. The summed E-state index contributed by atoms with van der Waals surface area (Å²) in [6.45, 7) is 4.22. The highest BCUT2D eigenvalue weighted by molar-refractivity contribution is 7.14. The van der Waals surface area contributed by atoms with Crippen LogP contribution in [0, 0.1) is 5.92 Å². The van der Waals surface area contributed by atoms with Gasteiger partial charge in [0.05, 0.1) is 4.88 Å². The normalized spacial score (nSPS) is 26.9. The molecule has 3 nitrogen and oxygen atoms in total. The van der Waals surface area contributed by atoms with Gasteiger partial charge in [0.15, 0.2) is 0 Å². The molecule has 2 heterocycles. The van der Waals surface area contributed by atoms with Crippen molar-refractivity contribution in [1.29, 1.82) is 0 Å². The zero-order valence-electron chi connectivity index (χ0n) is 10.8. The van der Waals surface area contributed by atoms with Crippen LogP contribution in [-0.4, -0.2) is 25.0 Å². The Labute approximate surface area is 112 Å². The van der Waals surface area contributed by atoms with Crippen LogP contribution in [0.25, 0.3) is 0 Å². The molecule has 0 aromatic carbocycles. The highest BCUT2D eigenvalue weighted by atomic mass is 32.1. The van der Waals surface area contributed by atoms with Crippen molar-refractivity contribution < 1.29 is 4.79 Å². The van der Waals surface area contributed by atoms with E-state index in [9.17, 15) is 4.79 Å². The predicted molar refractivity (Wildman–Crippen MR) is 74.2 cm³/mol. The molecule has 3 rings (SSSR count). The summed E-state index contributed by atoms with van der Waals surface area (Å²) in [6.07, 6.45) is 4.62. The zero-order chi connectivity index (χ0) is 12.5. The van der Waals surface area contributed by atoms with Gasteiger partial charge in [0.2, 0.25) is 0 Å². The van der Waals surface area contributed by atoms with E-state index in [2.05, 4.69) is 23.6 Å². The lowest BCUT2D eigenvalue weighted by Gasteiger charge is -2.30. The van der Waals surface area contributed by atoms with Crippen LogP contribution in [-0.2, 0) is 12.8 Å². The number of rotatable bonds is 2. The number of hydrogen-bond donors (Lipinski definition) is 2. The molecule has 1 aliphatic heterocycles. The maximum absolute atomic E-state index is 12.2. The molecule has 0 saturated carbocycles. The van der Waals surface area contributed by atoms with Crippen LogP contribution in [0.4, 0.5) is 0 Å². The van der Waals surface area contributed by atoms with E-state index in [0.717, 1.165) is 37.2 Å². The summed E-state index contributed by atoms with van der Waals surface area (Å²) in [6, 6.07) is 2.43. The van der Waals surface area contributed by atoms with E-state index < -0.39 is 0 Å². The Bertz CT molecular complexity index is 433. The van der Waals surface area contributed by atoms with Gasteiger partial charge < -0.3 is 10.6 Å². The van der Waals surface area contributed by atoms with Gasteiger partial charge in [0, 0.05) is 10.9 Å². The molecule has 0 spiro atoms. The van der Waals surface area contributed by atoms with Gasteiger partial charge in [-0.3, -0.25) is 4.79 Å². The van der Waals surface area contributed by atoms with E-state index in [1.807, 2.05) is 0 Å². The molecule has 2 unspecified atom stereocenters. The van der Waals surface area contributed by atoms with E-state index in [1.54, 1.807) is 11.3 Å². The average molecular weight is 264 g/mol. The fraction of sp³-hybridized carbons (Fsp3) is 0.643. The molecule has 0 radical (unpaired) electrons. The summed E-state index contributed by atoms with van der Waals surface area (Å²) < 4.78 is 0. The molecule has 4 heteroatoms. The van der Waals surface area contributed by atoms with Gasteiger partial charge in [0.25, 0.3) is 5.91 Å². The van der Waals surface area contributed by atoms with Crippen molar-refractivity contribution in [2.75, 3.05) is 13.1 Å². The Hall–Kier alpha value is -0.870. The third kappa shape index (κ3) is 2.31. The van der Waals surface area contributed by atoms with Crippen molar-refractivity contribution in [3.05, 3.63) is 21.4 Å². The van der Waals surface area contributed by atoms with Crippen molar-refractivity contribution in [3.8, 4) is 0 Å². The molecule has 1 aliphatic carbocycles. The van der Waals surface area contributed by atoms with Crippen LogP contribution in [0.1, 0.15) is 39.9 Å². The highest BCUT2D eigenvalue weighted by Gasteiger charge is 2.25. The number of hydrogen-bond acceptors (Lipinski definition) is 3. The van der Waals surface area contributed by atoms with Crippen LogP contribution in [0.3, 0.4) is 0 Å². The molecule has 2 aliphatic rings. The largest absolute Gasteiger partial charge is 0.348 e. The number of carbonyl (C=O) groups excluding carboxylic acids is 1. The molecule has 1 aromatic heterocycles. The van der Waals surface area contributed by atoms with Crippen molar-refractivity contribution >= 4 is 17.2 Å². The number of carbonyl (C=O) groups is 1. The first-order chi connectivity index (χ1) is 8.74. The highest BCUT2D eigenvalue weighted by Crippen LogP contribution is 2.30. The van der Waals surface area contributed by atoms with Gasteiger partial charge in [-0.05, 0) is 56.3 Å². The lowest BCUT2D eigenvalue weighted by atomic mass is 9.95. The minimum Gasteiger partial charge on any atom is -0.348 e. The maximum atomic E-state index is 12.2. The predicted octanol–water partition coefficient (Wildman–Crippen LogP) is 1.96. The third-order valence-corrected chi connectivity index (χ3v) is 5.31. The first-order valence-corrected chi connectivity index (χ1v) is 7.69. The first-order valence-electron chi connectivity index (χ1n) is 6.87. The smallest absolute Gasteiger partial charge is 0.261 e. The van der Waals surface area contributed by atoms with Crippen LogP contribution >= 0.6 is 11.3 Å². The second-order valence-electron chi connectivity index (χ2n) is 5.46. The van der Waals surface area contributed by atoms with Crippen molar-refractivity contribution in [3.63, 3.8) is 0 Å². The molecule has 1 amide bonds. The van der Waals surface area contributed by atoms with Gasteiger partial charge in [-0.1, -0.05) is 6.92 Å². The van der Waals surface area contributed by atoms with Gasteiger partial charge in [0.1, 0.15) is 0 Å². The van der Waals surface area contributed by atoms with Gasteiger partial charge in [-0.15, -0.1) is 11.3 Å². The quantitative estimate of drug-likeness (QED) is 0.857. The second kappa shape index (κ2) is 5.02. The summed E-state index contributed by atoms with van der Waals surface area (Å²) in [5, 5.41) is 6.57. The molecule has 18 heavy (non-hydrogen) atoms. The summed E-state index contributed by atoms with van der Waals surface area (Å²) in [7, 11) is 0. The molecule has 1 aromatic rings. The van der Waals surface area contributed by atoms with E-state index >= 15 is 0 Å². The molecule has 2 N–H and O–H groups in total. The Balaban J connectivity index is 1.66. The monoisotopic (exact) mass is 264 g/mol. The Kier molecular flexibility index (Phi) is 3.39. The number of nitrogens with one attached hydrogen (secondary N) is 2. The van der Waals surface area contributed by atoms with Crippen LogP contribution in [0.15, 0.2) is 6.07 Å². The second-order valence-corrected chi connectivity index (χ2v) is 6.60. The van der Waals surface area contributed by atoms with Crippen LogP contribution in [0.2, 0.25) is 0 Å². The van der Waals surface area contributed by atoms with Crippen molar-refractivity contribution in [1.82, 2.24) is 10.6 Å². The first kappa shape index (κ1) is 12.2. The van der Waals surface area contributed by atoms with Gasteiger partial charge >= 0.3 is 0 Å². The van der Waals surface area contributed by atoms with Gasteiger partial charge in [-0.25, -0.2) is 0 Å². The molecule has 0 bridgehead atoms. The number of fused-ring (bicyclic) bond motifs is 1. The number of aryl methyl sites for hydroxylation is 2. The summed E-state index contributed by atoms with van der Waals surface area (Å²) >= 11 is 1.69. The Morgan fingerprint density at radius 1 is 1.50 bits per heavy atom. The molecular weight excluding hydrogens is 244 g/mol. The molecule has 1 saturated heterocycles. The van der Waals surface area contributed by atoms with Gasteiger partial charge in [-0.2, -0.15) is 0 Å². The van der Waals surface area contributed by atoms with Crippen LogP contribution in [0.5, 0.6) is 0 Å². The molecule has 1 fully saturated rings. The number of thiophene rings is 1. The SMILES string of the molecule is CC1CNCCC1NC(=O)c1cc2c(s1)CCC2. The maximum Gasteiger partial charge on any atom is 0.261 e. The number of amides is 1. The number of piperidine rings is 1. The summed E-state index contributed by atoms with van der Waals surface area (Å²) in [5.74, 6) is 0.655. The molecule has 2 atom stereocenters. The standard InChI is InChI=1S/C14H20N2OS/c1-9-8-15-6-5-11(9)16-14(17)13-7-10-3-2-4-12(10)18-13/h7,9,11,15H,2-6,8H2,1H3,(H,16,17). The summed E-state index contributed by atoms with van der Waals surface area (Å²) in [4.78, 5) is 14.6. The topological polar surface area (TPSA) is 41.1 Å². The van der Waals surface area contributed by atoms with Crippen LogP contribution < -0.4 is 10.6 Å². The summed E-state index contributed by atoms with van der Waals surface area (Å²) in [5.41, 5.74) is 1.41. The average Bonchev–Trinajstić information content (AvgIpc) is 2.92. The Morgan fingerprint density at radius 3 is 3.17 bits per heavy atom. The fourth-order valence-corrected chi connectivity index (χ4v) is 4.07. The zero-order valence-corrected chi connectivity index (χ0v) is 11.6. The third-order valence-electron chi connectivity index (χ3n) is 4.07.